The van der Waals surface area contributed by atoms with Gasteiger partial charge in [0.05, 0.1) is 18.2 Å². The molecule has 0 bridgehead atoms. The van der Waals surface area contributed by atoms with Crippen LogP contribution in [-0.4, -0.2) is 17.9 Å². The second-order valence-corrected chi connectivity index (χ2v) is 3.75. The first kappa shape index (κ1) is 16.3. The molecule has 18 heavy (non-hydrogen) atoms. The third kappa shape index (κ3) is 4.68. The van der Waals surface area contributed by atoms with Crippen LogP contribution >= 0.6 is 12.4 Å². The Morgan fingerprint density at radius 3 is 2.56 bits per heavy atom. The van der Waals surface area contributed by atoms with Crippen LogP contribution in [0.2, 0.25) is 0 Å². The average Bonchev–Trinajstić information content (AvgIpc) is 2.21. The second kappa shape index (κ2) is 6.93. The number of benzene rings is 1. The van der Waals surface area contributed by atoms with Crippen LogP contribution in [0.5, 0.6) is 0 Å². The van der Waals surface area contributed by atoms with Gasteiger partial charge in [-0.15, -0.1) is 12.4 Å². The highest BCUT2D eigenvalue weighted by Gasteiger charge is 2.17. The highest BCUT2D eigenvalue weighted by atomic mass is 35.5. The number of carbonyl (C=O) groups excluding carboxylic acids is 2. The topological polar surface area (TPSA) is 98.2 Å². The molecule has 0 aliphatic carbocycles. The van der Waals surface area contributed by atoms with E-state index in [4.69, 9.17) is 11.5 Å². The second-order valence-electron chi connectivity index (χ2n) is 3.75. The summed E-state index contributed by atoms with van der Waals surface area (Å²) in [5.74, 6) is -1.88. The maximum absolute atomic E-state index is 13.4. The molecule has 0 saturated carbocycles. The molecule has 0 aromatic heterocycles. The van der Waals surface area contributed by atoms with Gasteiger partial charge in [-0.2, -0.15) is 0 Å². The van der Waals surface area contributed by atoms with Crippen LogP contribution in [0.1, 0.15) is 12.0 Å². The molecule has 0 radical (unpaired) electrons. The average molecular weight is 276 g/mol. The number of primary amides is 1. The van der Waals surface area contributed by atoms with Crippen LogP contribution in [0.3, 0.4) is 0 Å². The quantitative estimate of drug-likeness (QED) is 0.754. The fourth-order valence-corrected chi connectivity index (χ4v) is 1.26. The van der Waals surface area contributed by atoms with Gasteiger partial charge in [0.1, 0.15) is 5.82 Å². The zero-order valence-corrected chi connectivity index (χ0v) is 10.6. The summed E-state index contributed by atoms with van der Waals surface area (Å²) in [7, 11) is 0. The SMILES string of the molecule is Cc1ccc(NC(=O)C(N)CC(N)=O)c(F)c1.Cl. The number of amides is 2. The van der Waals surface area contributed by atoms with Crippen LogP contribution in [0.25, 0.3) is 0 Å². The Balaban J connectivity index is 0.00000289. The van der Waals surface area contributed by atoms with Gasteiger partial charge in [-0.1, -0.05) is 6.07 Å². The van der Waals surface area contributed by atoms with Gasteiger partial charge >= 0.3 is 0 Å². The lowest BCUT2D eigenvalue weighted by Gasteiger charge is -2.11. The fourth-order valence-electron chi connectivity index (χ4n) is 1.26. The van der Waals surface area contributed by atoms with E-state index in [9.17, 15) is 14.0 Å². The molecule has 5 N–H and O–H groups in total. The van der Waals surface area contributed by atoms with Crippen molar-refractivity contribution < 1.29 is 14.0 Å². The summed E-state index contributed by atoms with van der Waals surface area (Å²) >= 11 is 0. The normalized spacial score (nSPS) is 11.3. The van der Waals surface area contributed by atoms with Crippen LogP contribution < -0.4 is 16.8 Å². The lowest BCUT2D eigenvalue weighted by atomic mass is 10.1. The van der Waals surface area contributed by atoms with Gasteiger partial charge < -0.3 is 16.8 Å². The third-order valence-corrected chi connectivity index (χ3v) is 2.14. The Morgan fingerprint density at radius 2 is 2.06 bits per heavy atom. The van der Waals surface area contributed by atoms with Crippen molar-refractivity contribution >= 4 is 29.9 Å². The number of hydrogen-bond donors (Lipinski definition) is 3. The maximum atomic E-state index is 13.4. The van der Waals surface area contributed by atoms with Crippen molar-refractivity contribution in [3.05, 3.63) is 29.6 Å². The minimum Gasteiger partial charge on any atom is -0.370 e. The molecule has 0 aliphatic rings. The Bertz CT molecular complexity index is 454. The number of carbonyl (C=O) groups is 2. The summed E-state index contributed by atoms with van der Waals surface area (Å²) in [6.07, 6.45) is -0.278. The lowest BCUT2D eigenvalue weighted by molar-refractivity contribution is -0.123. The predicted molar refractivity (Wildman–Crippen MR) is 68.8 cm³/mol. The van der Waals surface area contributed by atoms with Crippen molar-refractivity contribution in [1.82, 2.24) is 0 Å². The van der Waals surface area contributed by atoms with E-state index in [0.717, 1.165) is 5.56 Å². The van der Waals surface area contributed by atoms with E-state index >= 15 is 0 Å². The van der Waals surface area contributed by atoms with Crippen LogP contribution in [0.15, 0.2) is 18.2 Å². The number of aryl methyl sites for hydroxylation is 1. The number of hydrogen-bond acceptors (Lipinski definition) is 3. The first-order valence-electron chi connectivity index (χ1n) is 5.01. The zero-order chi connectivity index (χ0) is 13.0. The third-order valence-electron chi connectivity index (χ3n) is 2.14. The molecule has 5 nitrogen and oxygen atoms in total. The molecule has 1 aromatic rings. The van der Waals surface area contributed by atoms with E-state index in [-0.39, 0.29) is 24.5 Å². The van der Waals surface area contributed by atoms with Crippen LogP contribution in [-0.2, 0) is 9.59 Å². The first-order chi connectivity index (χ1) is 7.90. The number of rotatable bonds is 4. The smallest absolute Gasteiger partial charge is 0.241 e. The molecule has 0 heterocycles. The molecule has 0 aliphatic heterocycles. The van der Waals surface area contributed by atoms with Gasteiger partial charge in [0.2, 0.25) is 11.8 Å². The summed E-state index contributed by atoms with van der Waals surface area (Å²) in [5, 5.41) is 2.30. The molecule has 2 amide bonds. The molecule has 100 valence electrons. The van der Waals surface area contributed by atoms with E-state index in [2.05, 4.69) is 5.32 Å². The van der Waals surface area contributed by atoms with Crippen molar-refractivity contribution in [3.63, 3.8) is 0 Å². The van der Waals surface area contributed by atoms with Crippen molar-refractivity contribution in [2.24, 2.45) is 11.5 Å². The summed E-state index contributed by atoms with van der Waals surface area (Å²) in [6.45, 7) is 1.73. The standard InChI is InChI=1S/C11H14FN3O2.ClH/c1-6-2-3-9(7(12)4-6)15-11(17)8(13)5-10(14)16;/h2-4,8H,5,13H2,1H3,(H2,14,16)(H,15,17);1H. The van der Waals surface area contributed by atoms with Crippen molar-refractivity contribution in [1.29, 1.82) is 0 Å². The van der Waals surface area contributed by atoms with Crippen LogP contribution in [0.4, 0.5) is 10.1 Å². The number of nitrogens with one attached hydrogen (secondary N) is 1. The van der Waals surface area contributed by atoms with E-state index in [0.29, 0.717) is 0 Å². The minimum absolute atomic E-state index is 0. The minimum atomic E-state index is -1.08. The van der Waals surface area contributed by atoms with Gasteiger partial charge in [-0.05, 0) is 24.6 Å². The monoisotopic (exact) mass is 275 g/mol. The first-order valence-corrected chi connectivity index (χ1v) is 5.01. The number of halogens is 2. The van der Waals surface area contributed by atoms with E-state index in [1.807, 2.05) is 0 Å². The zero-order valence-electron chi connectivity index (χ0n) is 9.77. The van der Waals surface area contributed by atoms with Crippen LogP contribution in [0, 0.1) is 12.7 Å². The molecule has 1 atom stereocenters. The molecule has 1 rings (SSSR count). The maximum Gasteiger partial charge on any atom is 0.241 e. The summed E-state index contributed by atoms with van der Waals surface area (Å²) in [5.41, 5.74) is 11.1. The summed E-state index contributed by atoms with van der Waals surface area (Å²) < 4.78 is 13.4. The van der Waals surface area contributed by atoms with Gasteiger partial charge in [-0.25, -0.2) is 4.39 Å². The molecule has 0 spiro atoms. The summed E-state index contributed by atoms with van der Waals surface area (Å²) in [4.78, 5) is 22.0. The van der Waals surface area contributed by atoms with Gasteiger partial charge in [-0.3, -0.25) is 9.59 Å². The van der Waals surface area contributed by atoms with E-state index in [1.165, 1.54) is 12.1 Å². The predicted octanol–water partition coefficient (Wildman–Crippen LogP) is 0.697. The largest absolute Gasteiger partial charge is 0.370 e. The molecule has 1 aromatic carbocycles. The number of anilines is 1. The fraction of sp³-hybridized carbons (Fsp3) is 0.273. The molecular formula is C11H15ClFN3O2. The Labute approximate surface area is 110 Å². The molecule has 7 heteroatoms. The van der Waals surface area contributed by atoms with Gasteiger partial charge in [0.25, 0.3) is 0 Å². The van der Waals surface area contributed by atoms with Gasteiger partial charge in [0, 0.05) is 0 Å². The van der Waals surface area contributed by atoms with Gasteiger partial charge in [0.15, 0.2) is 0 Å². The Kier molecular flexibility index (Phi) is 6.29. The summed E-state index contributed by atoms with van der Waals surface area (Å²) in [6, 6.07) is 3.29. The highest BCUT2D eigenvalue weighted by molar-refractivity contribution is 5.97. The Hall–Kier alpha value is -1.66. The molecule has 0 saturated heterocycles. The Morgan fingerprint density at radius 1 is 1.44 bits per heavy atom. The lowest BCUT2D eigenvalue weighted by Crippen LogP contribution is -2.39. The highest BCUT2D eigenvalue weighted by Crippen LogP contribution is 2.15. The van der Waals surface area contributed by atoms with E-state index < -0.39 is 23.7 Å². The molecule has 1 unspecified atom stereocenters. The molecule has 0 fully saturated rings. The molecular weight excluding hydrogens is 261 g/mol. The van der Waals surface area contributed by atoms with Crippen molar-refractivity contribution in [3.8, 4) is 0 Å². The van der Waals surface area contributed by atoms with E-state index in [1.54, 1.807) is 13.0 Å². The number of nitrogens with two attached hydrogens (primary N) is 2. The van der Waals surface area contributed by atoms with Crippen molar-refractivity contribution in [2.45, 2.75) is 19.4 Å². The van der Waals surface area contributed by atoms with Crippen molar-refractivity contribution in [2.75, 3.05) is 5.32 Å².